The zero-order chi connectivity index (χ0) is 10.8. The van der Waals surface area contributed by atoms with E-state index in [0.717, 1.165) is 0 Å². The van der Waals surface area contributed by atoms with E-state index in [1.54, 1.807) is 0 Å². The summed E-state index contributed by atoms with van der Waals surface area (Å²) in [4.78, 5) is 0. The molecule has 5 heteroatoms. The molecular formula is C9H16F3NO. The predicted octanol–water partition coefficient (Wildman–Crippen LogP) is 2.08. The molecule has 0 radical (unpaired) electrons. The molecular weight excluding hydrogens is 195 g/mol. The van der Waals surface area contributed by atoms with Gasteiger partial charge in [0.1, 0.15) is 6.04 Å². The maximum absolute atomic E-state index is 12.2. The Morgan fingerprint density at radius 3 is 2.29 bits per heavy atom. The molecule has 1 saturated heterocycles. The minimum atomic E-state index is -4.28. The van der Waals surface area contributed by atoms with E-state index < -0.39 is 12.2 Å². The number of hydrogen-bond acceptors (Lipinski definition) is 2. The molecule has 1 unspecified atom stereocenters. The van der Waals surface area contributed by atoms with Gasteiger partial charge < -0.3 is 10.5 Å². The largest absolute Gasteiger partial charge is 0.403 e. The Morgan fingerprint density at radius 1 is 1.36 bits per heavy atom. The van der Waals surface area contributed by atoms with Crippen molar-refractivity contribution in [2.75, 3.05) is 13.2 Å². The third-order valence-electron chi connectivity index (χ3n) is 2.83. The summed E-state index contributed by atoms with van der Waals surface area (Å²) in [6, 6.07) is -1.70. The third kappa shape index (κ3) is 3.13. The Balaban J connectivity index is 2.49. The zero-order valence-electron chi connectivity index (χ0n) is 8.23. The van der Waals surface area contributed by atoms with Gasteiger partial charge in [-0.05, 0) is 24.7 Å². The molecule has 2 N–H and O–H groups in total. The molecule has 1 aliphatic rings. The maximum Gasteiger partial charge on any atom is 0.403 e. The summed E-state index contributed by atoms with van der Waals surface area (Å²) in [5.41, 5.74) is 4.79. The second-order valence-corrected chi connectivity index (χ2v) is 4.28. The van der Waals surface area contributed by atoms with Gasteiger partial charge in [0, 0.05) is 13.2 Å². The second-order valence-electron chi connectivity index (χ2n) is 4.28. The topological polar surface area (TPSA) is 35.2 Å². The standard InChI is InChI=1S/C9H16F3NO/c1-8(2-4-14-5-3-8)6-7(13)9(10,11)12/h7H,2-6,13H2,1H3. The van der Waals surface area contributed by atoms with Crippen LogP contribution in [0.1, 0.15) is 26.2 Å². The average molecular weight is 211 g/mol. The number of hydrogen-bond donors (Lipinski definition) is 1. The molecule has 0 aliphatic carbocycles. The van der Waals surface area contributed by atoms with Crippen molar-refractivity contribution in [1.82, 2.24) is 0 Å². The lowest BCUT2D eigenvalue weighted by Crippen LogP contribution is -2.43. The molecule has 0 aromatic carbocycles. The van der Waals surface area contributed by atoms with Crippen LogP contribution in [0.3, 0.4) is 0 Å². The summed E-state index contributed by atoms with van der Waals surface area (Å²) in [7, 11) is 0. The van der Waals surface area contributed by atoms with Crippen LogP contribution >= 0.6 is 0 Å². The van der Waals surface area contributed by atoms with Crippen molar-refractivity contribution in [2.45, 2.75) is 38.4 Å². The first-order valence-corrected chi connectivity index (χ1v) is 4.74. The highest BCUT2D eigenvalue weighted by Gasteiger charge is 2.41. The van der Waals surface area contributed by atoms with Gasteiger partial charge in [0.15, 0.2) is 0 Å². The quantitative estimate of drug-likeness (QED) is 0.759. The second kappa shape index (κ2) is 4.06. The van der Waals surface area contributed by atoms with Gasteiger partial charge in [-0.3, -0.25) is 0 Å². The molecule has 0 spiro atoms. The van der Waals surface area contributed by atoms with Gasteiger partial charge >= 0.3 is 6.18 Å². The van der Waals surface area contributed by atoms with Crippen LogP contribution in [0.5, 0.6) is 0 Å². The summed E-state index contributed by atoms with van der Waals surface area (Å²) in [6.45, 7) is 2.93. The molecule has 1 rings (SSSR count). The number of halogens is 3. The Kier molecular flexibility index (Phi) is 3.42. The van der Waals surface area contributed by atoms with Gasteiger partial charge in [0.2, 0.25) is 0 Å². The fraction of sp³-hybridized carbons (Fsp3) is 1.00. The van der Waals surface area contributed by atoms with E-state index in [9.17, 15) is 13.2 Å². The van der Waals surface area contributed by atoms with Crippen LogP contribution in [0, 0.1) is 5.41 Å². The summed E-state index contributed by atoms with van der Waals surface area (Å²) in [6.07, 6.45) is -2.95. The van der Waals surface area contributed by atoms with Crippen molar-refractivity contribution >= 4 is 0 Å². The molecule has 0 aromatic heterocycles. The molecule has 1 fully saturated rings. The van der Waals surface area contributed by atoms with Crippen molar-refractivity contribution < 1.29 is 17.9 Å². The maximum atomic E-state index is 12.2. The van der Waals surface area contributed by atoms with Crippen molar-refractivity contribution in [1.29, 1.82) is 0 Å². The van der Waals surface area contributed by atoms with Crippen LogP contribution < -0.4 is 5.73 Å². The lowest BCUT2D eigenvalue weighted by molar-refractivity contribution is -0.157. The normalized spacial score (nSPS) is 24.6. The van der Waals surface area contributed by atoms with E-state index >= 15 is 0 Å². The number of alkyl halides is 3. The summed E-state index contributed by atoms with van der Waals surface area (Å²) in [5.74, 6) is 0. The first-order chi connectivity index (χ1) is 6.33. The first kappa shape index (κ1) is 11.8. The average Bonchev–Trinajstić information content (AvgIpc) is 2.02. The van der Waals surface area contributed by atoms with Gasteiger partial charge in [-0.25, -0.2) is 0 Å². The molecule has 0 saturated carbocycles. The molecule has 14 heavy (non-hydrogen) atoms. The van der Waals surface area contributed by atoms with Gasteiger partial charge in [-0.1, -0.05) is 6.92 Å². The minimum Gasteiger partial charge on any atom is -0.381 e. The minimum absolute atomic E-state index is 0.000139. The highest BCUT2D eigenvalue weighted by molar-refractivity contribution is 4.84. The molecule has 1 atom stereocenters. The lowest BCUT2D eigenvalue weighted by atomic mass is 9.77. The van der Waals surface area contributed by atoms with E-state index in [-0.39, 0.29) is 11.8 Å². The lowest BCUT2D eigenvalue weighted by Gasteiger charge is -2.35. The Bertz CT molecular complexity index is 187. The van der Waals surface area contributed by atoms with E-state index in [0.29, 0.717) is 26.1 Å². The summed E-state index contributed by atoms with van der Waals surface area (Å²) < 4.78 is 41.8. The van der Waals surface area contributed by atoms with E-state index in [4.69, 9.17) is 10.5 Å². The SMILES string of the molecule is CC1(CC(N)C(F)(F)F)CCOCC1. The Labute approximate surface area is 81.6 Å². The van der Waals surface area contributed by atoms with Crippen LogP contribution in [-0.4, -0.2) is 25.4 Å². The molecule has 0 aromatic rings. The Hall–Kier alpha value is -0.290. The first-order valence-electron chi connectivity index (χ1n) is 4.74. The van der Waals surface area contributed by atoms with Crippen molar-refractivity contribution in [3.05, 3.63) is 0 Å². The summed E-state index contributed by atoms with van der Waals surface area (Å²) >= 11 is 0. The zero-order valence-corrected chi connectivity index (χ0v) is 8.23. The number of ether oxygens (including phenoxy) is 1. The summed E-state index contributed by atoms with van der Waals surface area (Å²) in [5, 5.41) is 0. The van der Waals surface area contributed by atoms with Gasteiger partial charge in [-0.2, -0.15) is 13.2 Å². The van der Waals surface area contributed by atoms with Crippen LogP contribution in [-0.2, 0) is 4.74 Å². The molecule has 84 valence electrons. The number of rotatable bonds is 2. The smallest absolute Gasteiger partial charge is 0.381 e. The molecule has 2 nitrogen and oxygen atoms in total. The molecule has 0 bridgehead atoms. The molecule has 1 heterocycles. The predicted molar refractivity (Wildman–Crippen MR) is 46.8 cm³/mol. The fourth-order valence-corrected chi connectivity index (χ4v) is 1.71. The van der Waals surface area contributed by atoms with E-state index in [1.807, 2.05) is 6.92 Å². The highest BCUT2D eigenvalue weighted by atomic mass is 19.4. The monoisotopic (exact) mass is 211 g/mol. The third-order valence-corrected chi connectivity index (χ3v) is 2.83. The van der Waals surface area contributed by atoms with Crippen LogP contribution in [0.2, 0.25) is 0 Å². The van der Waals surface area contributed by atoms with E-state index in [2.05, 4.69) is 0 Å². The van der Waals surface area contributed by atoms with Crippen molar-refractivity contribution in [2.24, 2.45) is 11.1 Å². The van der Waals surface area contributed by atoms with Crippen LogP contribution in [0.25, 0.3) is 0 Å². The molecule has 1 aliphatic heterocycles. The highest BCUT2D eigenvalue weighted by Crippen LogP contribution is 2.37. The van der Waals surface area contributed by atoms with Crippen LogP contribution in [0.4, 0.5) is 13.2 Å². The van der Waals surface area contributed by atoms with Gasteiger partial charge in [0.05, 0.1) is 0 Å². The van der Waals surface area contributed by atoms with Gasteiger partial charge in [-0.15, -0.1) is 0 Å². The van der Waals surface area contributed by atoms with E-state index in [1.165, 1.54) is 0 Å². The molecule has 0 amide bonds. The fourth-order valence-electron chi connectivity index (χ4n) is 1.71. The Morgan fingerprint density at radius 2 is 1.86 bits per heavy atom. The van der Waals surface area contributed by atoms with Crippen molar-refractivity contribution in [3.63, 3.8) is 0 Å². The van der Waals surface area contributed by atoms with Crippen LogP contribution in [0.15, 0.2) is 0 Å². The van der Waals surface area contributed by atoms with Crippen molar-refractivity contribution in [3.8, 4) is 0 Å². The number of nitrogens with two attached hydrogens (primary N) is 1. The van der Waals surface area contributed by atoms with Gasteiger partial charge in [0.25, 0.3) is 0 Å².